The van der Waals surface area contributed by atoms with E-state index in [0.717, 1.165) is 25.5 Å². The molecule has 1 unspecified atom stereocenters. The van der Waals surface area contributed by atoms with Crippen molar-refractivity contribution in [2.24, 2.45) is 4.99 Å². The lowest BCUT2D eigenvalue weighted by Gasteiger charge is -2.26. The van der Waals surface area contributed by atoms with Gasteiger partial charge in [-0.1, -0.05) is 0 Å². The van der Waals surface area contributed by atoms with Crippen LogP contribution in [0.4, 0.5) is 0 Å². The Morgan fingerprint density at radius 3 is 2.84 bits per heavy atom. The van der Waals surface area contributed by atoms with Crippen LogP contribution < -0.4 is 16.0 Å². The Balaban J connectivity index is 2.52. The molecule has 1 aliphatic rings. The second-order valence-corrected chi connectivity index (χ2v) is 6.86. The Bertz CT molecular complexity index is 321. The number of nitrogens with zero attached hydrogens (tertiary/aromatic N) is 1. The predicted molar refractivity (Wildman–Crippen MR) is 82.7 cm³/mol. The average Bonchev–Trinajstić information content (AvgIpc) is 2.39. The summed E-state index contributed by atoms with van der Waals surface area (Å²) in [4.78, 5) is 15.8. The van der Waals surface area contributed by atoms with E-state index in [-0.39, 0.29) is 16.7 Å². The molecule has 110 valence electrons. The first-order chi connectivity index (χ1) is 8.96. The Hall–Kier alpha value is -0.910. The van der Waals surface area contributed by atoms with Crippen molar-refractivity contribution < 1.29 is 4.79 Å². The normalized spacial score (nSPS) is 20.9. The maximum absolute atomic E-state index is 11.1. The average molecular weight is 286 g/mol. The molecule has 1 atom stereocenters. The molecule has 5 nitrogen and oxygen atoms in total. The zero-order chi connectivity index (χ0) is 14.3. The predicted octanol–water partition coefficient (Wildman–Crippen LogP) is 0.962. The van der Waals surface area contributed by atoms with E-state index in [1.807, 2.05) is 11.8 Å². The first-order valence-electron chi connectivity index (χ1n) is 6.83. The highest BCUT2D eigenvalue weighted by atomic mass is 32.2. The third-order valence-corrected chi connectivity index (χ3v) is 4.36. The lowest BCUT2D eigenvalue weighted by atomic mass is 10.1. The van der Waals surface area contributed by atoms with Crippen LogP contribution in [0, 0.1) is 0 Å². The minimum Gasteiger partial charge on any atom is -0.357 e. The van der Waals surface area contributed by atoms with Gasteiger partial charge in [-0.3, -0.25) is 9.79 Å². The molecule has 0 saturated carbocycles. The smallest absolute Gasteiger partial charge is 0.220 e. The summed E-state index contributed by atoms with van der Waals surface area (Å²) in [5.41, 5.74) is 0. The van der Waals surface area contributed by atoms with Crippen molar-refractivity contribution in [1.29, 1.82) is 0 Å². The number of guanidine groups is 1. The van der Waals surface area contributed by atoms with Gasteiger partial charge in [-0.25, -0.2) is 0 Å². The molecule has 1 fully saturated rings. The summed E-state index contributed by atoms with van der Waals surface area (Å²) in [7, 11) is 0. The van der Waals surface area contributed by atoms with Crippen LogP contribution in [0.1, 0.15) is 33.6 Å². The minimum atomic E-state index is 0.142. The van der Waals surface area contributed by atoms with Crippen molar-refractivity contribution in [3.8, 4) is 0 Å². The SMILES string of the molecule is CCNC(=NCC(C)(C)SC)NC1CCC(=O)NC1. The molecule has 0 aromatic heterocycles. The molecule has 0 aromatic carbocycles. The highest BCUT2D eigenvalue weighted by molar-refractivity contribution is 7.99. The molecule has 1 saturated heterocycles. The third-order valence-electron chi connectivity index (χ3n) is 3.12. The molecule has 1 aliphatic heterocycles. The Labute approximate surface area is 120 Å². The summed E-state index contributed by atoms with van der Waals surface area (Å²) in [5, 5.41) is 9.52. The summed E-state index contributed by atoms with van der Waals surface area (Å²) in [6.07, 6.45) is 3.56. The molecule has 19 heavy (non-hydrogen) atoms. The maximum Gasteiger partial charge on any atom is 0.220 e. The quantitative estimate of drug-likeness (QED) is 0.520. The number of rotatable bonds is 5. The Kier molecular flexibility index (Phi) is 6.48. The lowest BCUT2D eigenvalue weighted by molar-refractivity contribution is -0.122. The zero-order valence-electron chi connectivity index (χ0n) is 12.4. The molecule has 0 radical (unpaired) electrons. The van der Waals surface area contributed by atoms with Crippen LogP contribution >= 0.6 is 11.8 Å². The molecule has 0 aliphatic carbocycles. The van der Waals surface area contributed by atoms with Gasteiger partial charge in [0.15, 0.2) is 5.96 Å². The minimum absolute atomic E-state index is 0.142. The summed E-state index contributed by atoms with van der Waals surface area (Å²) < 4.78 is 0.142. The number of nitrogens with one attached hydrogen (secondary N) is 3. The number of piperidine rings is 1. The van der Waals surface area contributed by atoms with Crippen LogP contribution in [0.3, 0.4) is 0 Å². The highest BCUT2D eigenvalue weighted by Gasteiger charge is 2.20. The molecule has 1 amide bonds. The molecule has 1 rings (SSSR count). The van der Waals surface area contributed by atoms with Crippen molar-refractivity contribution in [1.82, 2.24) is 16.0 Å². The molecule has 6 heteroatoms. The molecule has 0 spiro atoms. The van der Waals surface area contributed by atoms with E-state index in [9.17, 15) is 4.79 Å². The molecule has 1 heterocycles. The maximum atomic E-state index is 11.1. The fraction of sp³-hybridized carbons (Fsp3) is 0.846. The van der Waals surface area contributed by atoms with Crippen molar-refractivity contribution in [3.63, 3.8) is 0 Å². The summed E-state index contributed by atoms with van der Waals surface area (Å²) >= 11 is 1.81. The van der Waals surface area contributed by atoms with Gasteiger partial charge in [0.25, 0.3) is 0 Å². The highest BCUT2D eigenvalue weighted by Crippen LogP contribution is 2.20. The number of aliphatic imine (C=N–C) groups is 1. The fourth-order valence-electron chi connectivity index (χ4n) is 1.70. The van der Waals surface area contributed by atoms with Gasteiger partial charge in [0, 0.05) is 30.3 Å². The van der Waals surface area contributed by atoms with E-state index in [2.05, 4.69) is 48.0 Å². The number of carbonyl (C=O) groups is 1. The van der Waals surface area contributed by atoms with E-state index in [1.54, 1.807) is 0 Å². The second-order valence-electron chi connectivity index (χ2n) is 5.34. The summed E-state index contributed by atoms with van der Waals surface area (Å²) in [6.45, 7) is 8.71. The topological polar surface area (TPSA) is 65.5 Å². The number of hydrogen-bond donors (Lipinski definition) is 3. The van der Waals surface area contributed by atoms with E-state index in [4.69, 9.17) is 0 Å². The van der Waals surface area contributed by atoms with Gasteiger partial charge in [0.1, 0.15) is 0 Å². The number of hydrogen-bond acceptors (Lipinski definition) is 3. The van der Waals surface area contributed by atoms with Gasteiger partial charge in [-0.2, -0.15) is 11.8 Å². The van der Waals surface area contributed by atoms with E-state index >= 15 is 0 Å². The molecule has 0 aromatic rings. The first-order valence-corrected chi connectivity index (χ1v) is 8.06. The second kappa shape index (κ2) is 7.62. The van der Waals surface area contributed by atoms with Crippen LogP contribution in [0.5, 0.6) is 0 Å². The van der Waals surface area contributed by atoms with Gasteiger partial charge in [-0.15, -0.1) is 0 Å². The largest absolute Gasteiger partial charge is 0.357 e. The van der Waals surface area contributed by atoms with Crippen LogP contribution in [-0.4, -0.2) is 48.5 Å². The van der Waals surface area contributed by atoms with E-state index in [1.165, 1.54) is 0 Å². The lowest BCUT2D eigenvalue weighted by Crippen LogP contribution is -2.51. The monoisotopic (exact) mass is 286 g/mol. The molecule has 3 N–H and O–H groups in total. The van der Waals surface area contributed by atoms with Gasteiger partial charge in [0.05, 0.1) is 6.54 Å². The van der Waals surface area contributed by atoms with Crippen LogP contribution in [0.25, 0.3) is 0 Å². The number of thioether (sulfide) groups is 1. The van der Waals surface area contributed by atoms with Gasteiger partial charge < -0.3 is 16.0 Å². The standard InChI is InChI=1S/C13H26N4OS/c1-5-14-12(16-9-13(2,3)19-4)17-10-6-7-11(18)15-8-10/h10H,5-9H2,1-4H3,(H,15,18)(H2,14,16,17). The van der Waals surface area contributed by atoms with Crippen molar-refractivity contribution >= 4 is 23.6 Å². The summed E-state index contributed by atoms with van der Waals surface area (Å²) in [5.74, 6) is 0.981. The van der Waals surface area contributed by atoms with E-state index < -0.39 is 0 Å². The number of carbonyl (C=O) groups excluding carboxylic acids is 1. The fourth-order valence-corrected chi connectivity index (χ4v) is 1.90. The van der Waals surface area contributed by atoms with Crippen LogP contribution in [0.2, 0.25) is 0 Å². The zero-order valence-corrected chi connectivity index (χ0v) is 13.2. The van der Waals surface area contributed by atoms with Gasteiger partial charge in [0.2, 0.25) is 5.91 Å². The summed E-state index contributed by atoms with van der Waals surface area (Å²) in [6, 6.07) is 0.271. The Morgan fingerprint density at radius 1 is 1.58 bits per heavy atom. The molecular weight excluding hydrogens is 260 g/mol. The molecule has 0 bridgehead atoms. The third kappa shape index (κ3) is 6.18. The molecular formula is C13H26N4OS. The first kappa shape index (κ1) is 16.1. The van der Waals surface area contributed by atoms with Gasteiger partial charge in [-0.05, 0) is 33.4 Å². The number of amides is 1. The van der Waals surface area contributed by atoms with Gasteiger partial charge >= 0.3 is 0 Å². The Morgan fingerprint density at radius 2 is 2.32 bits per heavy atom. The van der Waals surface area contributed by atoms with Crippen LogP contribution in [0.15, 0.2) is 4.99 Å². The van der Waals surface area contributed by atoms with Crippen molar-refractivity contribution in [3.05, 3.63) is 0 Å². The van der Waals surface area contributed by atoms with Crippen molar-refractivity contribution in [2.75, 3.05) is 25.9 Å². The van der Waals surface area contributed by atoms with Crippen molar-refractivity contribution in [2.45, 2.75) is 44.4 Å². The van der Waals surface area contributed by atoms with Crippen LogP contribution in [-0.2, 0) is 4.79 Å². The van der Waals surface area contributed by atoms with E-state index in [0.29, 0.717) is 13.0 Å².